The lowest BCUT2D eigenvalue weighted by molar-refractivity contribution is 0.0693. The molecule has 1 aromatic carbocycles. The van der Waals surface area contributed by atoms with Crippen LogP contribution in [0.15, 0.2) is 29.6 Å². The highest BCUT2D eigenvalue weighted by molar-refractivity contribution is 7.12. The smallest absolute Gasteiger partial charge is 0.340 e. The molecule has 0 atom stereocenters. The number of hydrogen-bond donors (Lipinski definition) is 2. The van der Waals surface area contributed by atoms with E-state index in [2.05, 4.69) is 5.32 Å². The van der Waals surface area contributed by atoms with Gasteiger partial charge in [-0.3, -0.25) is 4.79 Å². The van der Waals surface area contributed by atoms with Crippen LogP contribution in [0.3, 0.4) is 0 Å². The van der Waals surface area contributed by atoms with Gasteiger partial charge in [0.15, 0.2) is 0 Å². The van der Waals surface area contributed by atoms with E-state index in [-0.39, 0.29) is 5.69 Å². The molecule has 2 N–H and O–H groups in total. The highest BCUT2D eigenvalue weighted by Crippen LogP contribution is 2.23. The van der Waals surface area contributed by atoms with Gasteiger partial charge in [0.25, 0.3) is 5.91 Å². The zero-order chi connectivity index (χ0) is 14.7. The number of amides is 1. The van der Waals surface area contributed by atoms with Gasteiger partial charge in [0.1, 0.15) is 11.4 Å². The van der Waals surface area contributed by atoms with Crippen molar-refractivity contribution in [3.8, 4) is 0 Å². The normalized spacial score (nSPS) is 10.3. The number of benzene rings is 1. The Kier molecular flexibility index (Phi) is 4.14. The second kappa shape index (κ2) is 5.83. The van der Waals surface area contributed by atoms with Crippen molar-refractivity contribution in [2.24, 2.45) is 0 Å². The van der Waals surface area contributed by atoms with Crippen molar-refractivity contribution in [2.45, 2.75) is 13.3 Å². The number of anilines is 1. The molecule has 4 nitrogen and oxygen atoms in total. The van der Waals surface area contributed by atoms with Gasteiger partial charge in [-0.05, 0) is 35.6 Å². The number of halogens is 1. The Morgan fingerprint density at radius 1 is 1.35 bits per heavy atom. The summed E-state index contributed by atoms with van der Waals surface area (Å²) >= 11 is 1.27. The molecule has 0 radical (unpaired) electrons. The maximum absolute atomic E-state index is 13.5. The van der Waals surface area contributed by atoms with Crippen LogP contribution in [-0.2, 0) is 6.42 Å². The molecular formula is C14H12FNO3S. The molecule has 0 saturated carbocycles. The van der Waals surface area contributed by atoms with Crippen LogP contribution in [0.25, 0.3) is 0 Å². The van der Waals surface area contributed by atoms with Gasteiger partial charge in [-0.1, -0.05) is 13.0 Å². The Labute approximate surface area is 118 Å². The predicted molar refractivity (Wildman–Crippen MR) is 75.0 cm³/mol. The minimum atomic E-state index is -1.42. The molecule has 0 aliphatic rings. The quantitative estimate of drug-likeness (QED) is 0.908. The number of nitrogens with one attached hydrogen (secondary N) is 1. The van der Waals surface area contributed by atoms with Gasteiger partial charge in [0.05, 0.1) is 10.6 Å². The molecule has 6 heteroatoms. The van der Waals surface area contributed by atoms with Crippen LogP contribution in [0.5, 0.6) is 0 Å². The van der Waals surface area contributed by atoms with Gasteiger partial charge in [-0.25, -0.2) is 9.18 Å². The van der Waals surface area contributed by atoms with Crippen LogP contribution in [-0.4, -0.2) is 17.0 Å². The Morgan fingerprint density at radius 3 is 2.75 bits per heavy atom. The number of carboxylic acids is 1. The number of carboxylic acid groups (broad SMARTS) is 1. The first kappa shape index (κ1) is 14.2. The molecule has 0 fully saturated rings. The molecule has 20 heavy (non-hydrogen) atoms. The summed E-state index contributed by atoms with van der Waals surface area (Å²) < 4.78 is 13.5. The SMILES string of the molecule is CCc1ccsc1C(=O)Nc1cccc(F)c1C(=O)O. The highest BCUT2D eigenvalue weighted by atomic mass is 32.1. The van der Waals surface area contributed by atoms with E-state index >= 15 is 0 Å². The Bertz CT molecular complexity index is 666. The second-order valence-electron chi connectivity index (χ2n) is 4.05. The topological polar surface area (TPSA) is 66.4 Å². The van der Waals surface area contributed by atoms with E-state index in [9.17, 15) is 14.0 Å². The van der Waals surface area contributed by atoms with Gasteiger partial charge in [-0.15, -0.1) is 11.3 Å². The summed E-state index contributed by atoms with van der Waals surface area (Å²) in [6.45, 7) is 1.92. The average Bonchev–Trinajstić information content (AvgIpc) is 2.86. The molecule has 1 amide bonds. The largest absolute Gasteiger partial charge is 0.478 e. The number of aryl methyl sites for hydroxylation is 1. The highest BCUT2D eigenvalue weighted by Gasteiger charge is 2.19. The van der Waals surface area contributed by atoms with E-state index < -0.39 is 23.3 Å². The number of thiophene rings is 1. The fourth-order valence-corrected chi connectivity index (χ4v) is 2.73. The van der Waals surface area contributed by atoms with Crippen LogP contribution in [0.2, 0.25) is 0 Å². The summed E-state index contributed by atoms with van der Waals surface area (Å²) in [5.74, 6) is -2.72. The molecule has 0 spiro atoms. The first-order valence-electron chi connectivity index (χ1n) is 5.94. The number of hydrogen-bond acceptors (Lipinski definition) is 3. The number of carbonyl (C=O) groups is 2. The van der Waals surface area contributed by atoms with Crippen LogP contribution in [0, 0.1) is 5.82 Å². The summed E-state index contributed by atoms with van der Waals surface area (Å²) in [6.07, 6.45) is 0.696. The first-order valence-corrected chi connectivity index (χ1v) is 6.82. The van der Waals surface area contributed by atoms with Crippen LogP contribution in [0.4, 0.5) is 10.1 Å². The number of rotatable bonds is 4. The van der Waals surface area contributed by atoms with Crippen molar-refractivity contribution >= 4 is 28.9 Å². The Morgan fingerprint density at radius 2 is 2.10 bits per heavy atom. The fraction of sp³-hybridized carbons (Fsp3) is 0.143. The predicted octanol–water partition coefficient (Wildman–Crippen LogP) is 3.40. The van der Waals surface area contributed by atoms with E-state index in [4.69, 9.17) is 5.11 Å². The maximum atomic E-state index is 13.5. The third-order valence-electron chi connectivity index (χ3n) is 2.81. The van der Waals surface area contributed by atoms with Crippen molar-refractivity contribution in [1.29, 1.82) is 0 Å². The molecule has 0 aliphatic heterocycles. The molecule has 1 heterocycles. The third-order valence-corrected chi connectivity index (χ3v) is 3.77. The van der Waals surface area contributed by atoms with Crippen molar-refractivity contribution in [2.75, 3.05) is 5.32 Å². The Balaban J connectivity index is 2.33. The summed E-state index contributed by atoms with van der Waals surface area (Å²) in [5, 5.41) is 13.3. The molecule has 0 saturated heterocycles. The summed E-state index contributed by atoms with van der Waals surface area (Å²) in [6, 6.07) is 5.60. The van der Waals surface area contributed by atoms with Crippen molar-refractivity contribution in [1.82, 2.24) is 0 Å². The van der Waals surface area contributed by atoms with Gasteiger partial charge < -0.3 is 10.4 Å². The van der Waals surface area contributed by atoms with E-state index in [1.807, 2.05) is 13.0 Å². The monoisotopic (exact) mass is 293 g/mol. The van der Waals surface area contributed by atoms with Gasteiger partial charge in [-0.2, -0.15) is 0 Å². The number of aromatic carboxylic acids is 1. The lowest BCUT2D eigenvalue weighted by Gasteiger charge is -2.09. The minimum Gasteiger partial charge on any atom is -0.478 e. The molecule has 1 aromatic heterocycles. The molecule has 0 bridgehead atoms. The molecule has 0 unspecified atom stereocenters. The fourth-order valence-electron chi connectivity index (χ4n) is 1.84. The minimum absolute atomic E-state index is 0.0436. The van der Waals surface area contributed by atoms with E-state index in [0.717, 1.165) is 11.6 Å². The van der Waals surface area contributed by atoms with Crippen molar-refractivity contribution < 1.29 is 19.1 Å². The summed E-state index contributed by atoms with van der Waals surface area (Å²) in [7, 11) is 0. The molecule has 0 aliphatic carbocycles. The molecule has 2 rings (SSSR count). The van der Waals surface area contributed by atoms with E-state index in [1.165, 1.54) is 23.5 Å². The molecule has 104 valence electrons. The van der Waals surface area contributed by atoms with Gasteiger partial charge in [0.2, 0.25) is 0 Å². The lowest BCUT2D eigenvalue weighted by atomic mass is 10.1. The number of carbonyl (C=O) groups excluding carboxylic acids is 1. The molecular weight excluding hydrogens is 281 g/mol. The summed E-state index contributed by atoms with van der Waals surface area (Å²) in [4.78, 5) is 23.7. The summed E-state index contributed by atoms with van der Waals surface area (Å²) in [5.41, 5.74) is 0.300. The first-order chi connectivity index (χ1) is 9.54. The zero-order valence-electron chi connectivity index (χ0n) is 10.6. The third kappa shape index (κ3) is 2.70. The Hall–Kier alpha value is -2.21. The van der Waals surface area contributed by atoms with Crippen LogP contribution in [0.1, 0.15) is 32.5 Å². The van der Waals surface area contributed by atoms with Crippen molar-refractivity contribution in [3.05, 3.63) is 51.5 Å². The lowest BCUT2D eigenvalue weighted by Crippen LogP contribution is -2.15. The van der Waals surface area contributed by atoms with Gasteiger partial charge >= 0.3 is 5.97 Å². The van der Waals surface area contributed by atoms with E-state index in [1.54, 1.807) is 5.38 Å². The van der Waals surface area contributed by atoms with E-state index in [0.29, 0.717) is 11.3 Å². The van der Waals surface area contributed by atoms with Crippen LogP contribution >= 0.6 is 11.3 Å². The zero-order valence-corrected chi connectivity index (χ0v) is 11.5. The molecule has 2 aromatic rings. The second-order valence-corrected chi connectivity index (χ2v) is 4.97. The van der Waals surface area contributed by atoms with Crippen LogP contribution < -0.4 is 5.32 Å². The van der Waals surface area contributed by atoms with Gasteiger partial charge in [0, 0.05) is 0 Å². The maximum Gasteiger partial charge on any atom is 0.340 e. The van der Waals surface area contributed by atoms with Crippen molar-refractivity contribution in [3.63, 3.8) is 0 Å². The average molecular weight is 293 g/mol. The standard InChI is InChI=1S/C14H12FNO3S/c1-2-8-6-7-20-12(8)13(17)16-10-5-3-4-9(15)11(10)14(18)19/h3-7H,2H2,1H3,(H,16,17)(H,18,19).